The number of rotatable bonds is 7. The van der Waals surface area contributed by atoms with Crippen LogP contribution in [0.25, 0.3) is 0 Å². The number of para-hydroxylation sites is 1. The molecule has 0 aromatic heterocycles. The Hall–Kier alpha value is -2.73. The minimum absolute atomic E-state index is 0.0825. The number of hydrogen-bond acceptors (Lipinski definition) is 3. The molecule has 1 fully saturated rings. The van der Waals surface area contributed by atoms with Crippen LogP contribution in [0.2, 0.25) is 0 Å². The van der Waals surface area contributed by atoms with Crippen LogP contribution in [0, 0.1) is 0 Å². The lowest BCUT2D eigenvalue weighted by atomic mass is 10.1. The molecule has 1 heterocycles. The van der Waals surface area contributed by atoms with Crippen LogP contribution in [0.3, 0.4) is 0 Å². The van der Waals surface area contributed by atoms with Gasteiger partial charge in [0.05, 0.1) is 6.42 Å². The first kappa shape index (κ1) is 19.0. The Balaban J connectivity index is 1.70. The summed E-state index contributed by atoms with van der Waals surface area (Å²) in [6, 6.07) is 18.8. The number of carbonyl (C=O) groups excluding carboxylic acids is 2. The lowest BCUT2D eigenvalue weighted by molar-refractivity contribution is -0.130. The van der Waals surface area contributed by atoms with E-state index in [0.717, 1.165) is 12.1 Å². The van der Waals surface area contributed by atoms with Gasteiger partial charge in [-0.15, -0.1) is 0 Å². The van der Waals surface area contributed by atoms with Gasteiger partial charge in [0.2, 0.25) is 5.91 Å². The normalized spacial score (nSPS) is 16.7. The van der Waals surface area contributed by atoms with Crippen LogP contribution >= 0.6 is 12.2 Å². The third-order valence-corrected chi connectivity index (χ3v) is 5.10. The molecule has 3 rings (SSSR count). The highest BCUT2D eigenvalue weighted by molar-refractivity contribution is 7.80. The Morgan fingerprint density at radius 1 is 1.07 bits per heavy atom. The minimum Gasteiger partial charge on any atom is -0.336 e. The number of likely N-dealkylation sites (N-methyl/N-ethyl adjacent to an activating group) is 1. The molecule has 0 spiro atoms. The molecule has 2 aromatic rings. The molecular weight excluding hydrogens is 358 g/mol. The van der Waals surface area contributed by atoms with Crippen molar-refractivity contribution in [3.8, 4) is 0 Å². The molecule has 1 aliphatic rings. The first-order valence-corrected chi connectivity index (χ1v) is 9.51. The molecule has 27 heavy (non-hydrogen) atoms. The predicted octanol–water partition coefficient (Wildman–Crippen LogP) is 3.08. The largest absolute Gasteiger partial charge is 0.336 e. The van der Waals surface area contributed by atoms with Crippen LogP contribution in [0.1, 0.15) is 18.9 Å². The highest BCUT2D eigenvalue weighted by Crippen LogP contribution is 2.22. The van der Waals surface area contributed by atoms with Gasteiger partial charge in [-0.2, -0.15) is 0 Å². The number of benzene rings is 2. The highest BCUT2D eigenvalue weighted by atomic mass is 32.1. The second-order valence-electron chi connectivity index (χ2n) is 6.43. The predicted molar refractivity (Wildman–Crippen MR) is 110 cm³/mol. The van der Waals surface area contributed by atoms with Gasteiger partial charge < -0.3 is 10.2 Å². The second-order valence-corrected chi connectivity index (χ2v) is 6.79. The molecule has 1 unspecified atom stereocenters. The summed E-state index contributed by atoms with van der Waals surface area (Å²) in [6.45, 7) is 3.01. The van der Waals surface area contributed by atoms with Crippen molar-refractivity contribution in [3.63, 3.8) is 0 Å². The van der Waals surface area contributed by atoms with E-state index in [4.69, 9.17) is 12.2 Å². The maximum absolute atomic E-state index is 12.8. The number of carbonyl (C=O) groups is 2. The Morgan fingerprint density at radius 2 is 1.70 bits per heavy atom. The van der Waals surface area contributed by atoms with Crippen LogP contribution in [0.4, 0.5) is 5.69 Å². The second kappa shape index (κ2) is 8.77. The van der Waals surface area contributed by atoms with Crippen molar-refractivity contribution in [2.75, 3.05) is 18.4 Å². The number of anilines is 1. The molecule has 1 aliphatic heterocycles. The maximum Gasteiger partial charge on any atom is 0.252 e. The van der Waals surface area contributed by atoms with Gasteiger partial charge in [-0.25, -0.2) is 0 Å². The monoisotopic (exact) mass is 381 g/mol. The van der Waals surface area contributed by atoms with Crippen molar-refractivity contribution < 1.29 is 9.59 Å². The minimum atomic E-state index is -0.551. The standard InChI is InChI=1S/C21H23N3O2S/c1-2-23-20(26)18(15-19(25)22-17-11-7-4-8-12-17)24(21(23)27)14-13-16-9-5-3-6-10-16/h3-12,18H,2,13-15H2,1H3,(H,22,25). The number of nitrogens with zero attached hydrogens (tertiary/aromatic N) is 2. The zero-order valence-electron chi connectivity index (χ0n) is 15.3. The Morgan fingerprint density at radius 3 is 2.33 bits per heavy atom. The van der Waals surface area contributed by atoms with Gasteiger partial charge in [0.1, 0.15) is 6.04 Å². The maximum atomic E-state index is 12.8. The van der Waals surface area contributed by atoms with E-state index in [9.17, 15) is 9.59 Å². The van der Waals surface area contributed by atoms with Crippen LogP contribution < -0.4 is 5.32 Å². The third kappa shape index (κ3) is 4.52. The molecule has 6 heteroatoms. The van der Waals surface area contributed by atoms with Gasteiger partial charge in [-0.1, -0.05) is 48.5 Å². The van der Waals surface area contributed by atoms with E-state index >= 15 is 0 Å². The van der Waals surface area contributed by atoms with E-state index in [0.29, 0.717) is 18.2 Å². The average molecular weight is 382 g/mol. The van der Waals surface area contributed by atoms with Gasteiger partial charge in [0, 0.05) is 18.8 Å². The summed E-state index contributed by atoms with van der Waals surface area (Å²) in [7, 11) is 0. The van der Waals surface area contributed by atoms with Crippen LogP contribution in [0.5, 0.6) is 0 Å². The Kier molecular flexibility index (Phi) is 6.19. The molecule has 0 radical (unpaired) electrons. The molecule has 1 N–H and O–H groups in total. The van der Waals surface area contributed by atoms with E-state index < -0.39 is 6.04 Å². The van der Waals surface area contributed by atoms with Crippen LogP contribution in [0.15, 0.2) is 60.7 Å². The number of thiocarbonyl (C=S) groups is 1. The van der Waals surface area contributed by atoms with Crippen LogP contribution in [-0.2, 0) is 16.0 Å². The topological polar surface area (TPSA) is 52.7 Å². The van der Waals surface area contributed by atoms with E-state index in [-0.39, 0.29) is 18.2 Å². The average Bonchev–Trinajstić information content (AvgIpc) is 2.90. The lowest BCUT2D eigenvalue weighted by Gasteiger charge is -2.23. The summed E-state index contributed by atoms with van der Waals surface area (Å²) in [6.07, 6.45) is 0.849. The SMILES string of the molecule is CCN1C(=O)C(CC(=O)Nc2ccccc2)N(CCc2ccccc2)C1=S. The molecule has 140 valence electrons. The van der Waals surface area contributed by atoms with Crippen molar-refractivity contribution in [1.29, 1.82) is 0 Å². The molecule has 1 atom stereocenters. The number of hydrogen-bond donors (Lipinski definition) is 1. The van der Waals surface area contributed by atoms with Crippen molar-refractivity contribution in [1.82, 2.24) is 9.80 Å². The Labute approximate surface area is 165 Å². The fourth-order valence-corrected chi connectivity index (χ4v) is 3.68. The zero-order chi connectivity index (χ0) is 19.2. The number of nitrogens with one attached hydrogen (secondary N) is 1. The molecule has 0 aliphatic carbocycles. The van der Waals surface area contributed by atoms with Crippen LogP contribution in [-0.4, -0.2) is 45.9 Å². The van der Waals surface area contributed by atoms with E-state index in [1.807, 2.05) is 60.4 Å². The summed E-state index contributed by atoms with van der Waals surface area (Å²) in [5.74, 6) is -0.288. The quantitative estimate of drug-likeness (QED) is 0.749. The van der Waals surface area contributed by atoms with Gasteiger partial charge >= 0.3 is 0 Å². The molecule has 2 amide bonds. The van der Waals surface area contributed by atoms with Gasteiger partial charge in [0.25, 0.3) is 5.91 Å². The fourth-order valence-electron chi connectivity index (χ4n) is 3.24. The summed E-state index contributed by atoms with van der Waals surface area (Å²) in [5, 5.41) is 3.36. The zero-order valence-corrected chi connectivity index (χ0v) is 16.1. The lowest BCUT2D eigenvalue weighted by Crippen LogP contribution is -2.39. The van der Waals surface area contributed by atoms with Gasteiger partial charge in [-0.3, -0.25) is 14.5 Å². The summed E-state index contributed by atoms with van der Waals surface area (Å²) >= 11 is 5.51. The highest BCUT2D eigenvalue weighted by Gasteiger charge is 2.42. The molecule has 2 aromatic carbocycles. The first-order chi connectivity index (χ1) is 13.1. The first-order valence-electron chi connectivity index (χ1n) is 9.11. The van der Waals surface area contributed by atoms with E-state index in [1.165, 1.54) is 5.56 Å². The van der Waals surface area contributed by atoms with Crippen molar-refractivity contribution in [2.24, 2.45) is 0 Å². The molecular formula is C21H23N3O2S. The molecule has 0 bridgehead atoms. The van der Waals surface area contributed by atoms with Crippen molar-refractivity contribution in [2.45, 2.75) is 25.8 Å². The van der Waals surface area contributed by atoms with Gasteiger partial charge in [0.15, 0.2) is 5.11 Å². The van der Waals surface area contributed by atoms with Gasteiger partial charge in [-0.05, 0) is 43.3 Å². The number of amides is 2. The molecule has 1 saturated heterocycles. The molecule has 5 nitrogen and oxygen atoms in total. The molecule has 0 saturated carbocycles. The van der Waals surface area contributed by atoms with Crippen molar-refractivity contribution in [3.05, 3.63) is 66.2 Å². The fraction of sp³-hybridized carbons (Fsp3) is 0.286. The van der Waals surface area contributed by atoms with Crippen molar-refractivity contribution >= 4 is 34.8 Å². The summed E-state index contributed by atoms with van der Waals surface area (Å²) in [4.78, 5) is 28.7. The summed E-state index contributed by atoms with van der Waals surface area (Å²) < 4.78 is 0. The summed E-state index contributed by atoms with van der Waals surface area (Å²) in [5.41, 5.74) is 1.90. The van der Waals surface area contributed by atoms with E-state index in [2.05, 4.69) is 17.4 Å². The smallest absolute Gasteiger partial charge is 0.252 e. The Bertz CT molecular complexity index is 811. The van der Waals surface area contributed by atoms with E-state index in [1.54, 1.807) is 4.90 Å². The third-order valence-electron chi connectivity index (χ3n) is 4.64.